The molecule has 2 saturated carbocycles. The molecule has 0 aliphatic heterocycles. The second kappa shape index (κ2) is 11.9. The Kier molecular flexibility index (Phi) is 9.51. The van der Waals surface area contributed by atoms with E-state index in [-0.39, 0.29) is 5.91 Å². The number of hydrogen-bond donors (Lipinski definition) is 2. The molecule has 0 saturated heterocycles. The summed E-state index contributed by atoms with van der Waals surface area (Å²) in [6.07, 6.45) is 19.7. The number of carbonyl (C=O) groups is 1. The quantitative estimate of drug-likeness (QED) is 0.244. The van der Waals surface area contributed by atoms with Crippen LogP contribution in [-0.4, -0.2) is 24.0 Å². The Morgan fingerprint density at radius 3 is 1.65 bits per heavy atom. The minimum Gasteiger partial charge on any atom is -0.353 e. The van der Waals surface area contributed by atoms with Gasteiger partial charge in [-0.3, -0.25) is 4.79 Å². The summed E-state index contributed by atoms with van der Waals surface area (Å²) >= 11 is 0. The molecule has 1 amide bonds. The van der Waals surface area contributed by atoms with Gasteiger partial charge in [-0.05, 0) is 32.6 Å². The van der Waals surface area contributed by atoms with Crippen molar-refractivity contribution in [2.45, 2.75) is 102 Å². The fraction of sp³-hybridized carbons (Fsp3) is 0.727. The Morgan fingerprint density at radius 2 is 1.27 bits per heavy atom. The van der Waals surface area contributed by atoms with Crippen LogP contribution in [0.2, 0.25) is 0 Å². The van der Waals surface area contributed by atoms with Crippen molar-refractivity contribution in [3.05, 3.63) is 24.3 Å². The molecule has 2 aliphatic carbocycles. The van der Waals surface area contributed by atoms with E-state index in [0.29, 0.717) is 23.6 Å². The Balaban J connectivity index is 2.08. The van der Waals surface area contributed by atoms with Gasteiger partial charge in [0.05, 0.1) is 0 Å². The van der Waals surface area contributed by atoms with Crippen molar-refractivity contribution >= 4 is 11.9 Å². The SMILES string of the molecule is C=C/C(=C\C)C(=O)/N=C(/NC1CCCCCCC1)NC1CCCCCC1. The Hall–Kier alpha value is -1.58. The van der Waals surface area contributed by atoms with Gasteiger partial charge in [0.2, 0.25) is 0 Å². The van der Waals surface area contributed by atoms with E-state index in [0.717, 1.165) is 25.7 Å². The number of guanidine groups is 1. The number of allylic oxidation sites excluding steroid dienone is 1. The second-order valence-corrected chi connectivity index (χ2v) is 7.73. The number of rotatable bonds is 4. The van der Waals surface area contributed by atoms with Crippen LogP contribution < -0.4 is 10.6 Å². The predicted molar refractivity (Wildman–Crippen MR) is 110 cm³/mol. The minimum atomic E-state index is -0.211. The van der Waals surface area contributed by atoms with Crippen LogP contribution in [0.5, 0.6) is 0 Å². The number of aliphatic imine (C=N–C) groups is 1. The normalized spacial score (nSPS) is 22.0. The van der Waals surface area contributed by atoms with Crippen molar-refractivity contribution in [1.82, 2.24) is 10.6 Å². The molecule has 0 aromatic heterocycles. The van der Waals surface area contributed by atoms with Crippen LogP contribution in [-0.2, 0) is 4.79 Å². The predicted octanol–water partition coefficient (Wildman–Crippen LogP) is 5.02. The molecule has 0 aromatic carbocycles. The van der Waals surface area contributed by atoms with Crippen LogP contribution in [0.15, 0.2) is 29.3 Å². The highest BCUT2D eigenvalue weighted by Crippen LogP contribution is 2.19. The van der Waals surface area contributed by atoms with Crippen molar-refractivity contribution in [2.24, 2.45) is 4.99 Å². The zero-order valence-corrected chi connectivity index (χ0v) is 16.6. The fourth-order valence-electron chi connectivity index (χ4n) is 4.01. The first kappa shape index (κ1) is 20.7. The maximum absolute atomic E-state index is 12.5. The fourth-order valence-corrected chi connectivity index (χ4v) is 4.01. The second-order valence-electron chi connectivity index (χ2n) is 7.73. The van der Waals surface area contributed by atoms with E-state index in [2.05, 4.69) is 22.2 Å². The summed E-state index contributed by atoms with van der Waals surface area (Å²) < 4.78 is 0. The lowest BCUT2D eigenvalue weighted by Crippen LogP contribution is -2.48. The molecule has 2 N–H and O–H groups in total. The van der Waals surface area contributed by atoms with Gasteiger partial charge in [-0.1, -0.05) is 76.5 Å². The van der Waals surface area contributed by atoms with Gasteiger partial charge >= 0.3 is 0 Å². The van der Waals surface area contributed by atoms with Crippen LogP contribution in [0.25, 0.3) is 0 Å². The highest BCUT2D eigenvalue weighted by molar-refractivity contribution is 6.03. The Morgan fingerprint density at radius 1 is 0.846 bits per heavy atom. The molecule has 0 bridgehead atoms. The molecule has 0 aromatic rings. The van der Waals surface area contributed by atoms with Crippen LogP contribution in [0, 0.1) is 0 Å². The molecule has 4 heteroatoms. The molecule has 146 valence electrons. The van der Waals surface area contributed by atoms with Gasteiger partial charge in [-0.25, -0.2) is 0 Å². The summed E-state index contributed by atoms with van der Waals surface area (Å²) in [5, 5.41) is 7.15. The van der Waals surface area contributed by atoms with E-state index in [1.807, 2.05) is 6.92 Å². The zero-order valence-electron chi connectivity index (χ0n) is 16.6. The third-order valence-corrected chi connectivity index (χ3v) is 5.63. The maximum atomic E-state index is 12.5. The van der Waals surface area contributed by atoms with Gasteiger partial charge in [-0.15, -0.1) is 0 Å². The smallest absolute Gasteiger partial charge is 0.279 e. The number of nitrogens with zero attached hydrogens (tertiary/aromatic N) is 1. The first-order valence-electron chi connectivity index (χ1n) is 10.7. The number of nitrogens with one attached hydrogen (secondary N) is 2. The number of carbonyl (C=O) groups excluding carboxylic acids is 1. The van der Waals surface area contributed by atoms with E-state index in [4.69, 9.17) is 0 Å². The van der Waals surface area contributed by atoms with Gasteiger partial charge in [0.25, 0.3) is 5.91 Å². The van der Waals surface area contributed by atoms with E-state index in [1.54, 1.807) is 12.2 Å². The summed E-state index contributed by atoms with van der Waals surface area (Å²) in [5.41, 5.74) is 0.560. The Bertz CT molecular complexity index is 494. The van der Waals surface area contributed by atoms with Crippen molar-refractivity contribution in [1.29, 1.82) is 0 Å². The molecule has 4 nitrogen and oxygen atoms in total. The van der Waals surface area contributed by atoms with Crippen LogP contribution in [0.1, 0.15) is 90.4 Å². The molecule has 2 rings (SSSR count). The molecule has 0 atom stereocenters. The molecular weight excluding hydrogens is 322 g/mol. The summed E-state index contributed by atoms with van der Waals surface area (Å²) in [4.78, 5) is 16.9. The Labute approximate surface area is 159 Å². The minimum absolute atomic E-state index is 0.211. The van der Waals surface area contributed by atoms with Crippen LogP contribution in [0.4, 0.5) is 0 Å². The lowest BCUT2D eigenvalue weighted by molar-refractivity contribution is -0.114. The third-order valence-electron chi connectivity index (χ3n) is 5.63. The number of hydrogen-bond acceptors (Lipinski definition) is 1. The standard InChI is InChI=1S/C22H37N3O/c1-3-18(4-2)21(26)25-22(24-20-16-12-8-9-13-17-20)23-19-14-10-6-5-7-11-15-19/h3-4,19-20H,1,5-17H2,2H3,(H2,23,24,25,26)/b18-4+. The summed E-state index contributed by atoms with van der Waals surface area (Å²) in [5.74, 6) is 0.464. The lowest BCUT2D eigenvalue weighted by atomic mass is 9.97. The molecule has 0 unspecified atom stereocenters. The third kappa shape index (κ3) is 7.35. The van der Waals surface area contributed by atoms with E-state index >= 15 is 0 Å². The highest BCUT2D eigenvalue weighted by Gasteiger charge is 2.18. The van der Waals surface area contributed by atoms with Gasteiger partial charge in [0.15, 0.2) is 5.96 Å². The van der Waals surface area contributed by atoms with Crippen molar-refractivity contribution in [3.63, 3.8) is 0 Å². The van der Waals surface area contributed by atoms with E-state index in [9.17, 15) is 4.79 Å². The average molecular weight is 360 g/mol. The highest BCUT2D eigenvalue weighted by atomic mass is 16.1. The molecule has 0 radical (unpaired) electrons. The van der Waals surface area contributed by atoms with Gasteiger partial charge < -0.3 is 10.6 Å². The van der Waals surface area contributed by atoms with E-state index < -0.39 is 0 Å². The van der Waals surface area contributed by atoms with Crippen molar-refractivity contribution in [3.8, 4) is 0 Å². The average Bonchev–Trinajstić information content (AvgIpc) is 2.87. The first-order chi connectivity index (χ1) is 12.7. The molecule has 2 aliphatic rings. The van der Waals surface area contributed by atoms with Crippen molar-refractivity contribution < 1.29 is 4.79 Å². The zero-order chi connectivity index (χ0) is 18.6. The molecule has 0 heterocycles. The molecule has 2 fully saturated rings. The molecule has 26 heavy (non-hydrogen) atoms. The topological polar surface area (TPSA) is 53.5 Å². The van der Waals surface area contributed by atoms with Gasteiger partial charge in [0, 0.05) is 17.7 Å². The first-order valence-corrected chi connectivity index (χ1v) is 10.7. The van der Waals surface area contributed by atoms with Crippen LogP contribution in [0.3, 0.4) is 0 Å². The van der Waals surface area contributed by atoms with E-state index in [1.165, 1.54) is 57.8 Å². The number of amides is 1. The summed E-state index contributed by atoms with van der Waals surface area (Å²) in [6.45, 7) is 5.58. The van der Waals surface area contributed by atoms with Gasteiger partial charge in [0.1, 0.15) is 0 Å². The van der Waals surface area contributed by atoms with Gasteiger partial charge in [-0.2, -0.15) is 4.99 Å². The largest absolute Gasteiger partial charge is 0.353 e. The monoisotopic (exact) mass is 359 g/mol. The summed E-state index contributed by atoms with van der Waals surface area (Å²) in [7, 11) is 0. The maximum Gasteiger partial charge on any atom is 0.279 e. The summed E-state index contributed by atoms with van der Waals surface area (Å²) in [6, 6.07) is 0.834. The van der Waals surface area contributed by atoms with Crippen LogP contribution >= 0.6 is 0 Å². The molecule has 0 spiro atoms. The molecular formula is C22H37N3O. The van der Waals surface area contributed by atoms with Crippen molar-refractivity contribution in [2.75, 3.05) is 0 Å². The lowest BCUT2D eigenvalue weighted by Gasteiger charge is -2.26.